The number of hydrogen-bond acceptors (Lipinski definition) is 2. The van der Waals surface area contributed by atoms with E-state index in [1.54, 1.807) is 0 Å². The highest BCUT2D eigenvalue weighted by atomic mass is 15.2. The van der Waals surface area contributed by atoms with Gasteiger partial charge in [-0.25, -0.2) is 0 Å². The van der Waals surface area contributed by atoms with E-state index < -0.39 is 0 Å². The molecule has 11 rings (SSSR count). The lowest BCUT2D eigenvalue weighted by Gasteiger charge is -2.45. The summed E-state index contributed by atoms with van der Waals surface area (Å²) in [5, 5.41) is 0. The molecule has 0 radical (unpaired) electrons. The number of fused-ring (bicyclic) bond motifs is 5. The second kappa shape index (κ2) is 14.0. The van der Waals surface area contributed by atoms with Gasteiger partial charge in [0.1, 0.15) is 0 Å². The van der Waals surface area contributed by atoms with Gasteiger partial charge in [0.2, 0.25) is 0 Å². The van der Waals surface area contributed by atoms with Crippen molar-refractivity contribution in [3.63, 3.8) is 0 Å². The summed E-state index contributed by atoms with van der Waals surface area (Å²) < 4.78 is 0. The molecule has 0 bridgehead atoms. The van der Waals surface area contributed by atoms with Crippen LogP contribution in [0.5, 0.6) is 0 Å². The van der Waals surface area contributed by atoms with E-state index in [-0.39, 0.29) is 17.5 Å². The van der Waals surface area contributed by atoms with Crippen molar-refractivity contribution in [3.05, 3.63) is 198 Å². The SMILES string of the molecule is Cc1cc2c3c(c1)N(c1ccc(C(C)(C)C)cc1-c1ccccc1)c1cc4c(cc1B3c1ccc(-c3ccccc3)cc1N2c1cccc(-c2ccccc2)c1)CC(C)(C)C4. The van der Waals surface area contributed by atoms with Crippen molar-refractivity contribution in [2.75, 3.05) is 9.80 Å². The Kier molecular flexibility index (Phi) is 8.59. The molecule has 8 aromatic carbocycles. The van der Waals surface area contributed by atoms with Crippen molar-refractivity contribution in [1.29, 1.82) is 0 Å². The Balaban J connectivity index is 1.23. The van der Waals surface area contributed by atoms with Crippen LogP contribution in [0.3, 0.4) is 0 Å². The molecule has 2 heterocycles. The Morgan fingerprint density at radius 1 is 0.459 bits per heavy atom. The highest BCUT2D eigenvalue weighted by Gasteiger charge is 2.45. The molecular weight excluding hydrogens is 735 g/mol. The molecule has 0 N–H and O–H groups in total. The average Bonchev–Trinajstić information content (AvgIpc) is 3.58. The summed E-state index contributed by atoms with van der Waals surface area (Å²) in [6.45, 7) is 14.2. The lowest BCUT2D eigenvalue weighted by atomic mass is 9.33. The lowest BCUT2D eigenvalue weighted by molar-refractivity contribution is 0.392. The molecule has 0 unspecified atom stereocenters. The monoisotopic (exact) mass is 786 g/mol. The van der Waals surface area contributed by atoms with Gasteiger partial charge in [-0.05, 0) is 146 Å². The molecule has 1 aliphatic carbocycles. The van der Waals surface area contributed by atoms with E-state index in [4.69, 9.17) is 0 Å². The van der Waals surface area contributed by atoms with E-state index in [1.807, 2.05) is 0 Å². The highest BCUT2D eigenvalue weighted by molar-refractivity contribution is 7.00. The number of anilines is 6. The predicted molar refractivity (Wildman–Crippen MR) is 261 cm³/mol. The maximum atomic E-state index is 2.64. The zero-order valence-corrected chi connectivity index (χ0v) is 36.1. The van der Waals surface area contributed by atoms with Gasteiger partial charge < -0.3 is 9.80 Å². The third-order valence-electron chi connectivity index (χ3n) is 13.4. The topological polar surface area (TPSA) is 6.48 Å². The molecule has 0 saturated carbocycles. The van der Waals surface area contributed by atoms with E-state index in [0.29, 0.717) is 0 Å². The molecule has 3 aliphatic rings. The molecule has 0 aromatic heterocycles. The number of hydrogen-bond donors (Lipinski definition) is 0. The lowest BCUT2D eigenvalue weighted by Crippen LogP contribution is -2.61. The molecule has 0 atom stereocenters. The maximum absolute atomic E-state index is 2.64. The number of nitrogens with zero attached hydrogens (tertiary/aromatic N) is 2. The van der Waals surface area contributed by atoms with Crippen molar-refractivity contribution in [2.45, 2.75) is 59.8 Å². The fourth-order valence-electron chi connectivity index (χ4n) is 10.5. The fourth-order valence-corrected chi connectivity index (χ4v) is 10.5. The molecule has 2 nitrogen and oxygen atoms in total. The molecule has 0 spiro atoms. The number of aryl methyl sites for hydroxylation is 1. The van der Waals surface area contributed by atoms with Crippen molar-refractivity contribution < 1.29 is 0 Å². The molecule has 61 heavy (non-hydrogen) atoms. The van der Waals surface area contributed by atoms with Crippen molar-refractivity contribution >= 4 is 57.2 Å². The number of benzene rings is 8. The molecule has 296 valence electrons. The Morgan fingerprint density at radius 2 is 1.03 bits per heavy atom. The molecule has 3 heteroatoms. The minimum Gasteiger partial charge on any atom is -0.311 e. The fraction of sp³-hybridized carbons (Fsp3) is 0.172. The summed E-state index contributed by atoms with van der Waals surface area (Å²) in [6.07, 6.45) is 2.17. The number of rotatable bonds is 5. The Morgan fingerprint density at radius 3 is 1.69 bits per heavy atom. The van der Waals surface area contributed by atoms with Gasteiger partial charge in [-0.2, -0.15) is 0 Å². The first-order valence-corrected chi connectivity index (χ1v) is 22.0. The normalized spacial score (nSPS) is 14.6. The van der Waals surface area contributed by atoms with Gasteiger partial charge in [-0.15, -0.1) is 0 Å². The minimum atomic E-state index is -0.00102. The summed E-state index contributed by atoms with van der Waals surface area (Å²) in [5.41, 5.74) is 24.6. The zero-order chi connectivity index (χ0) is 41.6. The second-order valence-electron chi connectivity index (χ2n) is 19.4. The summed E-state index contributed by atoms with van der Waals surface area (Å²) in [6, 6.07) is 66.4. The van der Waals surface area contributed by atoms with Crippen molar-refractivity contribution in [3.8, 4) is 33.4 Å². The Bertz CT molecular complexity index is 3000. The van der Waals surface area contributed by atoms with Crippen LogP contribution in [-0.4, -0.2) is 6.71 Å². The second-order valence-corrected chi connectivity index (χ2v) is 19.4. The third-order valence-corrected chi connectivity index (χ3v) is 13.4. The van der Waals surface area contributed by atoms with Crippen LogP contribution in [-0.2, 0) is 18.3 Å². The van der Waals surface area contributed by atoms with Gasteiger partial charge in [-0.1, -0.05) is 162 Å². The zero-order valence-electron chi connectivity index (χ0n) is 36.1. The van der Waals surface area contributed by atoms with Crippen LogP contribution >= 0.6 is 0 Å². The van der Waals surface area contributed by atoms with Crippen LogP contribution in [0, 0.1) is 12.3 Å². The molecule has 0 amide bonds. The van der Waals surface area contributed by atoms with Crippen molar-refractivity contribution in [1.82, 2.24) is 0 Å². The van der Waals surface area contributed by atoms with E-state index in [2.05, 4.69) is 227 Å². The standard InChI is InChI=1S/C58H51BN2/c1-38-29-54-56-55(30-38)61(51-28-26-46(57(2,3)4)35-48(51)41-21-14-9-15-22-41)53-34-45-37-58(5,6)36-44(45)32-50(53)59(56)49-27-25-43(40-19-12-8-13-20-40)33-52(49)60(54)47-24-16-23-42(31-47)39-17-10-7-11-18-39/h7-35H,36-37H2,1-6H3. The quantitative estimate of drug-likeness (QED) is 0.160. The third kappa shape index (κ3) is 6.33. The predicted octanol–water partition coefficient (Wildman–Crippen LogP) is 13.5. The van der Waals surface area contributed by atoms with Crippen LogP contribution in [0.1, 0.15) is 56.9 Å². The van der Waals surface area contributed by atoms with Gasteiger partial charge >= 0.3 is 0 Å². The Labute approximate surface area is 362 Å². The van der Waals surface area contributed by atoms with E-state index in [1.165, 1.54) is 100 Å². The Hall–Kier alpha value is -6.58. The van der Waals surface area contributed by atoms with Gasteiger partial charge in [-0.3, -0.25) is 0 Å². The smallest absolute Gasteiger partial charge is 0.252 e. The average molecular weight is 787 g/mol. The summed E-state index contributed by atoms with van der Waals surface area (Å²) in [5.74, 6) is 0. The molecule has 0 fully saturated rings. The molecule has 8 aromatic rings. The van der Waals surface area contributed by atoms with E-state index in [0.717, 1.165) is 18.5 Å². The van der Waals surface area contributed by atoms with Gasteiger partial charge in [0, 0.05) is 34.0 Å². The van der Waals surface area contributed by atoms with E-state index in [9.17, 15) is 0 Å². The largest absolute Gasteiger partial charge is 0.311 e. The van der Waals surface area contributed by atoms with Crippen LogP contribution < -0.4 is 26.2 Å². The first-order valence-electron chi connectivity index (χ1n) is 22.0. The minimum absolute atomic E-state index is 0.00102. The van der Waals surface area contributed by atoms with Gasteiger partial charge in [0.05, 0.1) is 5.69 Å². The van der Waals surface area contributed by atoms with Crippen LogP contribution in [0.2, 0.25) is 0 Å². The first kappa shape index (κ1) is 37.4. The first-order chi connectivity index (χ1) is 29.5. The van der Waals surface area contributed by atoms with Crippen LogP contribution in [0.25, 0.3) is 33.4 Å². The summed E-state index contributed by atoms with van der Waals surface area (Å²) in [4.78, 5) is 5.21. The molecule has 2 aliphatic heterocycles. The molecular formula is C58H51BN2. The van der Waals surface area contributed by atoms with Gasteiger partial charge in [0.15, 0.2) is 0 Å². The van der Waals surface area contributed by atoms with Crippen molar-refractivity contribution in [2.24, 2.45) is 5.41 Å². The van der Waals surface area contributed by atoms with Crippen LogP contribution in [0.15, 0.2) is 176 Å². The highest BCUT2D eigenvalue weighted by Crippen LogP contribution is 2.50. The van der Waals surface area contributed by atoms with Crippen LogP contribution in [0.4, 0.5) is 34.1 Å². The maximum Gasteiger partial charge on any atom is 0.252 e. The molecule has 0 saturated heterocycles. The van der Waals surface area contributed by atoms with E-state index >= 15 is 0 Å². The summed E-state index contributed by atoms with van der Waals surface area (Å²) >= 11 is 0. The summed E-state index contributed by atoms with van der Waals surface area (Å²) in [7, 11) is 0. The van der Waals surface area contributed by atoms with Gasteiger partial charge in [0.25, 0.3) is 6.71 Å².